The molecule has 3 heteroatoms. The molecular weight excluding hydrogens is 240 g/mol. The van der Waals surface area contributed by atoms with E-state index in [1.165, 1.54) is 34.5 Å². The van der Waals surface area contributed by atoms with E-state index in [9.17, 15) is 0 Å². The molecule has 4 atom stereocenters. The average molecular weight is 258 g/mol. The molecule has 2 aliphatic carbocycles. The minimum Gasteiger partial charge on any atom is -0.327 e. The quantitative estimate of drug-likeness (QED) is 0.851. The van der Waals surface area contributed by atoms with Crippen LogP contribution in [0.2, 0.25) is 0 Å². The summed E-state index contributed by atoms with van der Waals surface area (Å²) in [6.07, 6.45) is 4.03. The largest absolute Gasteiger partial charge is 0.327 e. The molecule has 2 N–H and O–H groups in total. The van der Waals surface area contributed by atoms with Crippen LogP contribution in [0.25, 0.3) is 10.2 Å². The summed E-state index contributed by atoms with van der Waals surface area (Å²) in [5, 5.41) is 1.29. The Kier molecular flexibility index (Phi) is 2.30. The number of hydrogen-bond acceptors (Lipinski definition) is 3. The normalized spacial score (nSPS) is 34.6. The molecule has 2 nitrogen and oxygen atoms in total. The summed E-state index contributed by atoms with van der Waals surface area (Å²) in [6, 6.07) is 6.91. The fraction of sp³-hybridized carbons (Fsp3) is 0.533. The fourth-order valence-electron chi connectivity index (χ4n) is 3.90. The van der Waals surface area contributed by atoms with Crippen molar-refractivity contribution in [3.05, 3.63) is 28.8 Å². The highest BCUT2D eigenvalue weighted by Crippen LogP contribution is 2.53. The van der Waals surface area contributed by atoms with Gasteiger partial charge in [-0.05, 0) is 55.7 Å². The van der Waals surface area contributed by atoms with Crippen molar-refractivity contribution < 1.29 is 0 Å². The molecule has 0 saturated heterocycles. The average Bonchev–Trinajstić information content (AvgIpc) is 3.00. The highest BCUT2D eigenvalue weighted by atomic mass is 32.1. The Balaban J connectivity index is 1.78. The van der Waals surface area contributed by atoms with Gasteiger partial charge in [0.2, 0.25) is 0 Å². The second-order valence-electron chi connectivity index (χ2n) is 5.96. The van der Waals surface area contributed by atoms with Gasteiger partial charge in [-0.15, -0.1) is 11.3 Å². The standard InChI is InChI=1S/C15H18N2S/c1-8-2-5-12-11(6-8)17-15(18-12)13-9-3-4-10(7-9)14(13)16/h2,5-6,9-10,13-14H,3-4,7,16H2,1H3. The van der Waals surface area contributed by atoms with Crippen LogP contribution in [0.4, 0.5) is 0 Å². The SMILES string of the molecule is Cc1ccc2sc(C3C4CCC(C4)C3N)nc2c1. The molecule has 0 aliphatic heterocycles. The van der Waals surface area contributed by atoms with E-state index in [1.54, 1.807) is 0 Å². The summed E-state index contributed by atoms with van der Waals surface area (Å²) in [4.78, 5) is 4.86. The number of fused-ring (bicyclic) bond motifs is 3. The van der Waals surface area contributed by atoms with Crippen LogP contribution in [0.5, 0.6) is 0 Å². The molecule has 2 aromatic rings. The molecule has 4 unspecified atom stereocenters. The number of aromatic nitrogens is 1. The van der Waals surface area contributed by atoms with Gasteiger partial charge in [-0.2, -0.15) is 0 Å². The summed E-state index contributed by atoms with van der Waals surface area (Å²) >= 11 is 1.86. The molecular formula is C15H18N2S. The van der Waals surface area contributed by atoms with Crippen molar-refractivity contribution in [3.8, 4) is 0 Å². The van der Waals surface area contributed by atoms with Crippen molar-refractivity contribution in [1.82, 2.24) is 4.98 Å². The van der Waals surface area contributed by atoms with Gasteiger partial charge in [0.05, 0.1) is 15.2 Å². The highest BCUT2D eigenvalue weighted by molar-refractivity contribution is 7.18. The summed E-state index contributed by atoms with van der Waals surface area (Å²) in [5.41, 5.74) is 8.86. The summed E-state index contributed by atoms with van der Waals surface area (Å²) in [7, 11) is 0. The van der Waals surface area contributed by atoms with Crippen molar-refractivity contribution in [3.63, 3.8) is 0 Å². The van der Waals surface area contributed by atoms with Gasteiger partial charge < -0.3 is 5.73 Å². The molecule has 1 heterocycles. The van der Waals surface area contributed by atoms with Crippen LogP contribution in [-0.2, 0) is 0 Å². The molecule has 2 aliphatic rings. The van der Waals surface area contributed by atoms with Gasteiger partial charge in [0.25, 0.3) is 0 Å². The molecule has 2 bridgehead atoms. The Morgan fingerprint density at radius 2 is 2.11 bits per heavy atom. The van der Waals surface area contributed by atoms with Crippen LogP contribution in [0.3, 0.4) is 0 Å². The van der Waals surface area contributed by atoms with Gasteiger partial charge in [-0.25, -0.2) is 4.98 Å². The maximum absolute atomic E-state index is 6.41. The zero-order valence-corrected chi connectivity index (χ0v) is 11.4. The predicted octanol–water partition coefficient (Wildman–Crippen LogP) is 3.45. The number of hydrogen-bond donors (Lipinski definition) is 1. The lowest BCUT2D eigenvalue weighted by molar-refractivity contribution is 0.365. The van der Waals surface area contributed by atoms with E-state index in [0.717, 1.165) is 17.4 Å². The first-order valence-electron chi connectivity index (χ1n) is 6.85. The van der Waals surface area contributed by atoms with Crippen LogP contribution in [0.15, 0.2) is 18.2 Å². The third kappa shape index (κ3) is 1.47. The number of thiazole rings is 1. The van der Waals surface area contributed by atoms with E-state index in [2.05, 4.69) is 25.1 Å². The van der Waals surface area contributed by atoms with E-state index in [-0.39, 0.29) is 0 Å². The second-order valence-corrected chi connectivity index (χ2v) is 7.02. The maximum Gasteiger partial charge on any atom is 0.0987 e. The molecule has 2 saturated carbocycles. The van der Waals surface area contributed by atoms with Crippen LogP contribution >= 0.6 is 11.3 Å². The van der Waals surface area contributed by atoms with Crippen LogP contribution in [-0.4, -0.2) is 11.0 Å². The Hall–Kier alpha value is -0.930. The first kappa shape index (κ1) is 10.9. The molecule has 0 amide bonds. The van der Waals surface area contributed by atoms with Crippen molar-refractivity contribution >= 4 is 21.6 Å². The van der Waals surface area contributed by atoms with E-state index in [0.29, 0.717) is 12.0 Å². The van der Waals surface area contributed by atoms with Crippen LogP contribution in [0, 0.1) is 18.8 Å². The van der Waals surface area contributed by atoms with Gasteiger partial charge >= 0.3 is 0 Å². The lowest BCUT2D eigenvalue weighted by Crippen LogP contribution is -2.33. The van der Waals surface area contributed by atoms with Crippen molar-refractivity contribution in [2.75, 3.05) is 0 Å². The molecule has 1 aromatic carbocycles. The number of benzene rings is 1. The third-order valence-corrected chi connectivity index (χ3v) is 5.96. The zero-order valence-electron chi connectivity index (χ0n) is 10.6. The van der Waals surface area contributed by atoms with Crippen molar-refractivity contribution in [2.24, 2.45) is 17.6 Å². The lowest BCUT2D eigenvalue weighted by Gasteiger charge is -2.26. The molecule has 0 spiro atoms. The summed E-state index contributed by atoms with van der Waals surface area (Å²) < 4.78 is 1.31. The third-order valence-electron chi connectivity index (χ3n) is 4.83. The summed E-state index contributed by atoms with van der Waals surface area (Å²) in [6.45, 7) is 2.13. The summed E-state index contributed by atoms with van der Waals surface area (Å²) in [5.74, 6) is 2.09. The number of rotatable bonds is 1. The molecule has 94 valence electrons. The van der Waals surface area contributed by atoms with Gasteiger partial charge in [-0.3, -0.25) is 0 Å². The van der Waals surface area contributed by atoms with E-state index >= 15 is 0 Å². The monoisotopic (exact) mass is 258 g/mol. The van der Waals surface area contributed by atoms with Gasteiger partial charge in [0.1, 0.15) is 0 Å². The highest BCUT2D eigenvalue weighted by Gasteiger charge is 2.47. The fourth-order valence-corrected chi connectivity index (χ4v) is 5.10. The maximum atomic E-state index is 6.41. The van der Waals surface area contributed by atoms with Crippen LogP contribution < -0.4 is 5.73 Å². The van der Waals surface area contributed by atoms with E-state index < -0.39 is 0 Å². The lowest BCUT2D eigenvalue weighted by atomic mass is 9.85. The Morgan fingerprint density at radius 1 is 1.28 bits per heavy atom. The molecule has 2 fully saturated rings. The molecule has 1 aromatic heterocycles. The minimum atomic E-state index is 0.352. The zero-order chi connectivity index (χ0) is 12.3. The van der Waals surface area contributed by atoms with Crippen molar-refractivity contribution in [2.45, 2.75) is 38.1 Å². The Morgan fingerprint density at radius 3 is 2.89 bits per heavy atom. The molecule has 4 rings (SSSR count). The minimum absolute atomic E-state index is 0.352. The topological polar surface area (TPSA) is 38.9 Å². The predicted molar refractivity (Wildman–Crippen MR) is 75.9 cm³/mol. The Bertz CT molecular complexity index is 602. The first-order valence-corrected chi connectivity index (χ1v) is 7.66. The van der Waals surface area contributed by atoms with Gasteiger partial charge in [0, 0.05) is 12.0 Å². The van der Waals surface area contributed by atoms with Gasteiger partial charge in [-0.1, -0.05) is 6.07 Å². The molecule has 18 heavy (non-hydrogen) atoms. The second kappa shape index (κ2) is 3.78. The van der Waals surface area contributed by atoms with E-state index in [4.69, 9.17) is 10.7 Å². The van der Waals surface area contributed by atoms with E-state index in [1.807, 2.05) is 11.3 Å². The first-order chi connectivity index (χ1) is 8.72. The smallest absolute Gasteiger partial charge is 0.0987 e. The molecule has 0 radical (unpaired) electrons. The van der Waals surface area contributed by atoms with Crippen LogP contribution in [0.1, 0.15) is 35.8 Å². The number of nitrogens with two attached hydrogens (primary N) is 1. The Labute approximate surface area is 111 Å². The van der Waals surface area contributed by atoms with Gasteiger partial charge in [0.15, 0.2) is 0 Å². The number of nitrogens with zero attached hydrogens (tertiary/aromatic N) is 1. The van der Waals surface area contributed by atoms with Crippen molar-refractivity contribution in [1.29, 1.82) is 0 Å². The number of aryl methyl sites for hydroxylation is 1.